The molecule has 4 aromatic rings. The highest BCUT2D eigenvalue weighted by molar-refractivity contribution is 6.06. The number of nitriles is 1. The highest BCUT2D eigenvalue weighted by atomic mass is 16.6. The summed E-state index contributed by atoms with van der Waals surface area (Å²) in [5.74, 6) is 0. The molecule has 0 unspecified atom stereocenters. The molecule has 0 aliphatic carbocycles. The first-order valence-electron chi connectivity index (χ1n) is 11.8. The van der Waals surface area contributed by atoms with E-state index in [0.29, 0.717) is 18.8 Å². The second kappa shape index (κ2) is 9.01. The number of hydrogen-bond donors (Lipinski definition) is 1. The molecule has 1 aliphatic heterocycles. The largest absolute Gasteiger partial charge is 0.444 e. The summed E-state index contributed by atoms with van der Waals surface area (Å²) in [6.07, 6.45) is 3.31. The maximum atomic E-state index is 12.3. The summed E-state index contributed by atoms with van der Waals surface area (Å²) in [5.41, 5.74) is 4.90. The van der Waals surface area contributed by atoms with Crippen molar-refractivity contribution in [1.29, 1.82) is 5.26 Å². The monoisotopic (exact) mass is 468 g/mol. The number of pyridine rings is 2. The SMILES string of the molecule is CC(C)(C)OC(=O)N1CCN(Cc2ccc(-c3cnc4[nH]c5cnc(C#N)cc5c4c3)cc2)CC1. The van der Waals surface area contributed by atoms with E-state index in [0.717, 1.165) is 52.7 Å². The van der Waals surface area contributed by atoms with Crippen LogP contribution in [0.1, 0.15) is 32.0 Å². The summed E-state index contributed by atoms with van der Waals surface area (Å²) >= 11 is 0. The fraction of sp³-hybridized carbons (Fsp3) is 0.333. The summed E-state index contributed by atoms with van der Waals surface area (Å²) in [6.45, 7) is 9.50. The summed E-state index contributed by atoms with van der Waals surface area (Å²) in [5, 5.41) is 11.1. The number of fused-ring (bicyclic) bond motifs is 3. The number of H-pyrrole nitrogens is 1. The summed E-state index contributed by atoms with van der Waals surface area (Å²) < 4.78 is 5.49. The van der Waals surface area contributed by atoms with Gasteiger partial charge in [0.1, 0.15) is 23.0 Å². The molecule has 1 amide bonds. The maximum absolute atomic E-state index is 12.3. The Labute approximate surface area is 204 Å². The van der Waals surface area contributed by atoms with Crippen LogP contribution in [0.15, 0.2) is 48.8 Å². The third-order valence-electron chi connectivity index (χ3n) is 6.17. The van der Waals surface area contributed by atoms with Crippen LogP contribution in [0.3, 0.4) is 0 Å². The van der Waals surface area contributed by atoms with Crippen molar-refractivity contribution in [2.24, 2.45) is 0 Å². The van der Waals surface area contributed by atoms with Crippen molar-refractivity contribution >= 4 is 28.0 Å². The molecule has 0 radical (unpaired) electrons. The Morgan fingerprint density at radius 3 is 2.46 bits per heavy atom. The fourth-order valence-corrected chi connectivity index (χ4v) is 4.37. The van der Waals surface area contributed by atoms with E-state index in [2.05, 4.69) is 56.3 Å². The number of hydrogen-bond acceptors (Lipinski definition) is 6. The van der Waals surface area contributed by atoms with Crippen molar-refractivity contribution in [3.05, 3.63) is 60.0 Å². The number of benzene rings is 1. The van der Waals surface area contributed by atoms with E-state index < -0.39 is 5.60 Å². The lowest BCUT2D eigenvalue weighted by atomic mass is 10.0. The van der Waals surface area contributed by atoms with Crippen molar-refractivity contribution in [3.63, 3.8) is 0 Å². The molecule has 8 heteroatoms. The Balaban J connectivity index is 1.26. The summed E-state index contributed by atoms with van der Waals surface area (Å²) in [4.78, 5) is 28.4. The number of aromatic nitrogens is 3. The van der Waals surface area contributed by atoms with Crippen LogP contribution in [0, 0.1) is 11.3 Å². The first-order chi connectivity index (χ1) is 16.8. The third kappa shape index (κ3) is 4.96. The van der Waals surface area contributed by atoms with E-state index in [-0.39, 0.29) is 6.09 Å². The Bertz CT molecular complexity index is 1420. The van der Waals surface area contributed by atoms with Crippen LogP contribution in [-0.2, 0) is 11.3 Å². The normalized spacial score (nSPS) is 14.9. The molecule has 35 heavy (non-hydrogen) atoms. The third-order valence-corrected chi connectivity index (χ3v) is 6.17. The number of carbonyl (C=O) groups excluding carboxylic acids is 1. The Hall–Kier alpha value is -3.96. The Morgan fingerprint density at radius 1 is 1.03 bits per heavy atom. The first-order valence-corrected chi connectivity index (χ1v) is 11.8. The zero-order valence-corrected chi connectivity index (χ0v) is 20.2. The van der Waals surface area contributed by atoms with Crippen molar-refractivity contribution in [2.75, 3.05) is 26.2 Å². The van der Waals surface area contributed by atoms with Crippen LogP contribution >= 0.6 is 0 Å². The van der Waals surface area contributed by atoms with Crippen molar-refractivity contribution in [3.8, 4) is 17.2 Å². The highest BCUT2D eigenvalue weighted by Crippen LogP contribution is 2.29. The number of rotatable bonds is 3. The van der Waals surface area contributed by atoms with Crippen LogP contribution in [0.5, 0.6) is 0 Å². The standard InChI is InChI=1S/C27H28N6O2/c1-27(2,3)35-26(34)33-10-8-32(9-11-33)17-18-4-6-19(7-5-18)20-12-23-22-13-21(14-28)29-16-24(22)31-25(23)30-15-20/h4-7,12-13,15-16H,8-11,17H2,1-3H3,(H,30,31). The zero-order chi connectivity index (χ0) is 24.6. The maximum Gasteiger partial charge on any atom is 0.410 e. The van der Waals surface area contributed by atoms with Crippen LogP contribution < -0.4 is 0 Å². The van der Waals surface area contributed by atoms with E-state index in [4.69, 9.17) is 4.74 Å². The molecular weight excluding hydrogens is 440 g/mol. The van der Waals surface area contributed by atoms with Gasteiger partial charge in [-0.1, -0.05) is 24.3 Å². The molecule has 4 heterocycles. The average molecular weight is 469 g/mol. The van der Waals surface area contributed by atoms with Crippen LogP contribution in [-0.4, -0.2) is 62.6 Å². The molecule has 0 saturated carbocycles. The molecule has 1 aliphatic rings. The molecule has 1 saturated heterocycles. The number of piperazine rings is 1. The molecule has 1 fully saturated rings. The smallest absolute Gasteiger partial charge is 0.410 e. The lowest BCUT2D eigenvalue weighted by Crippen LogP contribution is -2.49. The second-order valence-electron chi connectivity index (χ2n) is 9.91. The number of aromatic amines is 1. The van der Waals surface area contributed by atoms with Gasteiger partial charge in [-0.2, -0.15) is 5.26 Å². The van der Waals surface area contributed by atoms with Crippen LogP contribution in [0.4, 0.5) is 4.79 Å². The molecule has 0 atom stereocenters. The van der Waals surface area contributed by atoms with Gasteiger partial charge in [0.05, 0.1) is 11.7 Å². The predicted molar refractivity (Wildman–Crippen MR) is 135 cm³/mol. The van der Waals surface area contributed by atoms with Gasteiger partial charge in [0.25, 0.3) is 0 Å². The molecule has 0 spiro atoms. The lowest BCUT2D eigenvalue weighted by molar-refractivity contribution is 0.0139. The van der Waals surface area contributed by atoms with Crippen LogP contribution in [0.2, 0.25) is 0 Å². The minimum absolute atomic E-state index is 0.234. The van der Waals surface area contributed by atoms with Gasteiger partial charge in [0.2, 0.25) is 0 Å². The molecule has 178 valence electrons. The van der Waals surface area contributed by atoms with Gasteiger partial charge in [-0.25, -0.2) is 14.8 Å². The number of ether oxygens (including phenoxy) is 1. The molecule has 1 N–H and O–H groups in total. The van der Waals surface area contributed by atoms with Gasteiger partial charge >= 0.3 is 6.09 Å². The molecule has 5 rings (SSSR count). The second-order valence-corrected chi connectivity index (χ2v) is 9.91. The Morgan fingerprint density at radius 2 is 1.77 bits per heavy atom. The van der Waals surface area contributed by atoms with Crippen LogP contribution in [0.25, 0.3) is 33.1 Å². The van der Waals surface area contributed by atoms with Gasteiger partial charge in [-0.05, 0) is 44.0 Å². The topological polar surface area (TPSA) is 98.1 Å². The van der Waals surface area contributed by atoms with E-state index in [1.54, 1.807) is 17.2 Å². The molecular formula is C27H28N6O2. The summed E-state index contributed by atoms with van der Waals surface area (Å²) in [7, 11) is 0. The van der Waals surface area contributed by atoms with E-state index >= 15 is 0 Å². The number of carbonyl (C=O) groups is 1. The number of amides is 1. The number of nitrogens with one attached hydrogen (secondary N) is 1. The van der Waals surface area contributed by atoms with Crippen molar-refractivity contribution < 1.29 is 9.53 Å². The van der Waals surface area contributed by atoms with Crippen molar-refractivity contribution in [1.82, 2.24) is 24.8 Å². The van der Waals surface area contributed by atoms with Crippen molar-refractivity contribution in [2.45, 2.75) is 32.9 Å². The summed E-state index contributed by atoms with van der Waals surface area (Å²) in [6, 6.07) is 14.5. The molecule has 8 nitrogen and oxygen atoms in total. The zero-order valence-electron chi connectivity index (χ0n) is 20.2. The minimum atomic E-state index is -0.471. The quantitative estimate of drug-likeness (QED) is 0.468. The number of nitrogens with zero attached hydrogens (tertiary/aromatic N) is 5. The fourth-order valence-electron chi connectivity index (χ4n) is 4.37. The van der Waals surface area contributed by atoms with E-state index in [9.17, 15) is 10.1 Å². The molecule has 1 aromatic carbocycles. The predicted octanol–water partition coefficient (Wildman–Crippen LogP) is 4.70. The average Bonchev–Trinajstić information content (AvgIpc) is 3.21. The molecule has 3 aromatic heterocycles. The van der Waals surface area contributed by atoms with E-state index in [1.807, 2.05) is 27.0 Å². The van der Waals surface area contributed by atoms with E-state index in [1.165, 1.54) is 5.56 Å². The van der Waals surface area contributed by atoms with Gasteiger partial charge in [0, 0.05) is 55.3 Å². The molecule has 0 bridgehead atoms. The lowest BCUT2D eigenvalue weighted by Gasteiger charge is -2.35. The van der Waals surface area contributed by atoms with Gasteiger partial charge < -0.3 is 14.6 Å². The van der Waals surface area contributed by atoms with Gasteiger partial charge in [0.15, 0.2) is 0 Å². The first kappa shape index (κ1) is 22.8. The minimum Gasteiger partial charge on any atom is -0.444 e. The highest BCUT2D eigenvalue weighted by Gasteiger charge is 2.25. The Kier molecular flexibility index (Phi) is 5.87. The van der Waals surface area contributed by atoms with Gasteiger partial charge in [-0.15, -0.1) is 0 Å². The van der Waals surface area contributed by atoms with Gasteiger partial charge in [-0.3, -0.25) is 4.90 Å².